The van der Waals surface area contributed by atoms with Crippen molar-refractivity contribution >= 4 is 15.9 Å². The second-order valence-electron chi connectivity index (χ2n) is 4.52. The Bertz CT molecular complexity index is 516. The largest absolute Gasteiger partial charge is 0.323 e. The molecule has 5 heteroatoms. The molecule has 0 spiro atoms. The van der Waals surface area contributed by atoms with Crippen molar-refractivity contribution < 1.29 is 0 Å². The fourth-order valence-corrected chi connectivity index (χ4v) is 2.68. The standard InChI is InChI=1S/C13H17BrN4/c1-9-4-3-5-10(8-9)6-7-11(15)12-13(14)16-17-18(12)2/h3-5,8,11H,6-7,15H2,1-2H3. The second-order valence-corrected chi connectivity index (χ2v) is 5.27. The van der Waals surface area contributed by atoms with Gasteiger partial charge in [0.25, 0.3) is 0 Å². The number of nitrogens with zero attached hydrogens (tertiary/aromatic N) is 3. The summed E-state index contributed by atoms with van der Waals surface area (Å²) in [6.45, 7) is 2.10. The quantitative estimate of drug-likeness (QED) is 0.944. The SMILES string of the molecule is Cc1cccc(CCC(N)c2c(Br)nnn2C)c1. The van der Waals surface area contributed by atoms with Gasteiger partial charge in [-0.2, -0.15) is 0 Å². The van der Waals surface area contributed by atoms with Crippen LogP contribution in [0.15, 0.2) is 28.9 Å². The van der Waals surface area contributed by atoms with Crippen molar-refractivity contribution in [3.05, 3.63) is 45.7 Å². The first-order chi connectivity index (χ1) is 8.58. The minimum absolute atomic E-state index is 0.0557. The van der Waals surface area contributed by atoms with Crippen LogP contribution in [0.2, 0.25) is 0 Å². The Morgan fingerprint density at radius 1 is 1.44 bits per heavy atom. The molecule has 1 unspecified atom stereocenters. The van der Waals surface area contributed by atoms with Crippen molar-refractivity contribution in [3.8, 4) is 0 Å². The predicted octanol–water partition coefficient (Wildman–Crippen LogP) is 2.52. The van der Waals surface area contributed by atoms with Crippen LogP contribution in [0.25, 0.3) is 0 Å². The normalized spacial score (nSPS) is 12.7. The summed E-state index contributed by atoms with van der Waals surface area (Å²) in [5.41, 5.74) is 9.74. The van der Waals surface area contributed by atoms with E-state index in [-0.39, 0.29) is 6.04 Å². The molecule has 0 amide bonds. The maximum atomic E-state index is 6.20. The highest BCUT2D eigenvalue weighted by atomic mass is 79.9. The number of aromatic nitrogens is 3. The number of hydrogen-bond acceptors (Lipinski definition) is 3. The molecule has 0 bridgehead atoms. The average Bonchev–Trinajstić information content (AvgIpc) is 2.66. The lowest BCUT2D eigenvalue weighted by atomic mass is 10.0. The predicted molar refractivity (Wildman–Crippen MR) is 75.1 cm³/mol. The molecule has 18 heavy (non-hydrogen) atoms. The van der Waals surface area contributed by atoms with Crippen LogP contribution in [0.3, 0.4) is 0 Å². The third-order valence-corrected chi connectivity index (χ3v) is 3.57. The lowest BCUT2D eigenvalue weighted by molar-refractivity contribution is 0.575. The van der Waals surface area contributed by atoms with Gasteiger partial charge in [0, 0.05) is 13.1 Å². The zero-order valence-corrected chi connectivity index (χ0v) is 12.2. The highest BCUT2D eigenvalue weighted by Crippen LogP contribution is 2.22. The van der Waals surface area contributed by atoms with Gasteiger partial charge in [-0.1, -0.05) is 35.0 Å². The van der Waals surface area contributed by atoms with Crippen LogP contribution in [0.5, 0.6) is 0 Å². The third kappa shape index (κ3) is 2.97. The minimum atomic E-state index is -0.0557. The lowest BCUT2D eigenvalue weighted by Crippen LogP contribution is -2.16. The molecule has 0 radical (unpaired) electrons. The summed E-state index contributed by atoms with van der Waals surface area (Å²) in [4.78, 5) is 0. The fraction of sp³-hybridized carbons (Fsp3) is 0.385. The number of aryl methyl sites for hydroxylation is 3. The molecule has 1 aromatic heterocycles. The molecule has 0 aliphatic rings. The molecule has 1 atom stereocenters. The molecule has 1 aromatic carbocycles. The lowest BCUT2D eigenvalue weighted by Gasteiger charge is -2.12. The van der Waals surface area contributed by atoms with E-state index in [0.717, 1.165) is 23.1 Å². The Morgan fingerprint density at radius 3 is 2.83 bits per heavy atom. The average molecular weight is 309 g/mol. The maximum Gasteiger partial charge on any atom is 0.153 e. The van der Waals surface area contributed by atoms with Crippen LogP contribution in [-0.4, -0.2) is 15.0 Å². The summed E-state index contributed by atoms with van der Waals surface area (Å²) < 4.78 is 2.46. The Kier molecular flexibility index (Phi) is 4.14. The van der Waals surface area contributed by atoms with Crippen LogP contribution < -0.4 is 5.73 Å². The number of benzene rings is 1. The molecule has 0 aliphatic carbocycles. The second kappa shape index (κ2) is 5.63. The van der Waals surface area contributed by atoms with E-state index < -0.39 is 0 Å². The summed E-state index contributed by atoms with van der Waals surface area (Å²) >= 11 is 3.38. The molecular formula is C13H17BrN4. The summed E-state index contributed by atoms with van der Waals surface area (Å²) in [7, 11) is 1.86. The van der Waals surface area contributed by atoms with Gasteiger partial charge in [0.2, 0.25) is 0 Å². The Morgan fingerprint density at radius 2 is 2.22 bits per heavy atom. The first-order valence-corrected chi connectivity index (χ1v) is 6.73. The van der Waals surface area contributed by atoms with Crippen LogP contribution in [0.4, 0.5) is 0 Å². The first kappa shape index (κ1) is 13.2. The number of rotatable bonds is 4. The monoisotopic (exact) mass is 308 g/mol. The topological polar surface area (TPSA) is 56.7 Å². The molecule has 2 rings (SSSR count). The van der Waals surface area contributed by atoms with E-state index in [1.54, 1.807) is 4.68 Å². The van der Waals surface area contributed by atoms with E-state index >= 15 is 0 Å². The van der Waals surface area contributed by atoms with Crippen LogP contribution in [0.1, 0.15) is 29.3 Å². The van der Waals surface area contributed by atoms with E-state index in [2.05, 4.69) is 57.4 Å². The fourth-order valence-electron chi connectivity index (χ4n) is 2.06. The van der Waals surface area contributed by atoms with Crippen LogP contribution in [-0.2, 0) is 13.5 Å². The Labute approximate surface area is 115 Å². The van der Waals surface area contributed by atoms with Crippen molar-refractivity contribution in [2.24, 2.45) is 12.8 Å². The van der Waals surface area contributed by atoms with Gasteiger partial charge >= 0.3 is 0 Å². The van der Waals surface area contributed by atoms with Crippen molar-refractivity contribution in [2.45, 2.75) is 25.8 Å². The molecule has 2 aromatic rings. The first-order valence-electron chi connectivity index (χ1n) is 5.94. The van der Waals surface area contributed by atoms with Crippen molar-refractivity contribution in [2.75, 3.05) is 0 Å². The van der Waals surface area contributed by atoms with Crippen molar-refractivity contribution in [1.82, 2.24) is 15.0 Å². The molecule has 4 nitrogen and oxygen atoms in total. The van der Waals surface area contributed by atoms with Crippen LogP contribution in [0, 0.1) is 6.92 Å². The Balaban J connectivity index is 2.03. The van der Waals surface area contributed by atoms with E-state index in [1.807, 2.05) is 7.05 Å². The highest BCUT2D eigenvalue weighted by Gasteiger charge is 2.16. The van der Waals surface area contributed by atoms with Gasteiger partial charge in [-0.3, -0.25) is 0 Å². The smallest absolute Gasteiger partial charge is 0.153 e. The summed E-state index contributed by atoms with van der Waals surface area (Å²) in [6.07, 6.45) is 1.84. The molecule has 0 fully saturated rings. The summed E-state index contributed by atoms with van der Waals surface area (Å²) in [6, 6.07) is 8.46. The van der Waals surface area contributed by atoms with Gasteiger partial charge in [-0.25, -0.2) is 4.68 Å². The molecule has 1 heterocycles. The zero-order chi connectivity index (χ0) is 13.1. The van der Waals surface area contributed by atoms with Gasteiger partial charge in [0.15, 0.2) is 4.60 Å². The molecule has 0 aliphatic heterocycles. The van der Waals surface area contributed by atoms with E-state index in [0.29, 0.717) is 0 Å². The molecule has 0 saturated heterocycles. The summed E-state index contributed by atoms with van der Waals surface area (Å²) in [5.74, 6) is 0. The number of hydrogen-bond donors (Lipinski definition) is 1. The van der Waals surface area contributed by atoms with E-state index in [4.69, 9.17) is 5.73 Å². The third-order valence-electron chi connectivity index (χ3n) is 3.00. The van der Waals surface area contributed by atoms with Gasteiger partial charge in [0.05, 0.1) is 5.69 Å². The van der Waals surface area contributed by atoms with Crippen molar-refractivity contribution in [3.63, 3.8) is 0 Å². The maximum absolute atomic E-state index is 6.20. The highest BCUT2D eigenvalue weighted by molar-refractivity contribution is 9.10. The molecule has 96 valence electrons. The minimum Gasteiger partial charge on any atom is -0.323 e. The van der Waals surface area contributed by atoms with Gasteiger partial charge in [-0.15, -0.1) is 5.10 Å². The molecule has 2 N–H and O–H groups in total. The molecular weight excluding hydrogens is 292 g/mol. The number of halogens is 1. The summed E-state index contributed by atoms with van der Waals surface area (Å²) in [5, 5.41) is 7.90. The van der Waals surface area contributed by atoms with Crippen molar-refractivity contribution in [1.29, 1.82) is 0 Å². The Hall–Kier alpha value is -1.20. The van der Waals surface area contributed by atoms with Gasteiger partial charge in [-0.05, 0) is 41.3 Å². The zero-order valence-electron chi connectivity index (χ0n) is 10.6. The van der Waals surface area contributed by atoms with Gasteiger partial charge < -0.3 is 5.73 Å². The van der Waals surface area contributed by atoms with E-state index in [9.17, 15) is 0 Å². The van der Waals surface area contributed by atoms with Gasteiger partial charge in [0.1, 0.15) is 0 Å². The van der Waals surface area contributed by atoms with Crippen LogP contribution >= 0.6 is 15.9 Å². The number of nitrogens with two attached hydrogens (primary N) is 1. The molecule has 0 saturated carbocycles. The van der Waals surface area contributed by atoms with E-state index in [1.165, 1.54) is 11.1 Å².